The van der Waals surface area contributed by atoms with E-state index in [4.69, 9.17) is 23.2 Å². The Kier molecular flexibility index (Phi) is 5.54. The number of Topliss-reactive ketones (excluding diaryl/α,β-unsaturated/α-hetero) is 1. The van der Waals surface area contributed by atoms with Crippen LogP contribution in [0.1, 0.15) is 56.6 Å². The van der Waals surface area contributed by atoms with Gasteiger partial charge in [-0.25, -0.2) is 9.37 Å². The van der Waals surface area contributed by atoms with Crippen molar-refractivity contribution in [3.05, 3.63) is 57.5 Å². The zero-order chi connectivity index (χ0) is 22.2. The van der Waals surface area contributed by atoms with Gasteiger partial charge in [0.15, 0.2) is 0 Å². The van der Waals surface area contributed by atoms with Gasteiger partial charge >= 0.3 is 0 Å². The maximum Gasteiger partial charge on any atom is 0.251 e. The summed E-state index contributed by atoms with van der Waals surface area (Å²) in [6.45, 7) is 0.697. The molecule has 2 aliphatic carbocycles. The summed E-state index contributed by atoms with van der Waals surface area (Å²) in [5, 5.41) is 3.17. The maximum absolute atomic E-state index is 15.5. The molecule has 1 aromatic carbocycles. The van der Waals surface area contributed by atoms with Gasteiger partial charge in [0.2, 0.25) is 0 Å². The fourth-order valence-electron chi connectivity index (χ4n) is 6.30. The second-order valence-electron chi connectivity index (χ2n) is 9.42. The smallest absolute Gasteiger partial charge is 0.251 e. The molecule has 4 atom stereocenters. The summed E-state index contributed by atoms with van der Waals surface area (Å²) < 4.78 is 15.5. The van der Waals surface area contributed by atoms with Crippen molar-refractivity contribution in [1.82, 2.24) is 9.88 Å². The highest BCUT2D eigenvalue weighted by atomic mass is 35.5. The van der Waals surface area contributed by atoms with Gasteiger partial charge in [-0.3, -0.25) is 14.5 Å². The topological polar surface area (TPSA) is 62.3 Å². The second kappa shape index (κ2) is 8.03. The van der Waals surface area contributed by atoms with Gasteiger partial charge in [-0.05, 0) is 55.4 Å². The van der Waals surface area contributed by atoms with Crippen molar-refractivity contribution in [2.45, 2.75) is 57.0 Å². The number of likely N-dealkylation sites (tertiary alicyclic amines) is 1. The Morgan fingerprint density at radius 3 is 2.70 bits per heavy atom. The van der Waals surface area contributed by atoms with Crippen LogP contribution in [-0.2, 0) is 15.1 Å². The van der Waals surface area contributed by atoms with E-state index in [1.165, 1.54) is 6.07 Å². The molecule has 1 N–H and O–H groups in total. The van der Waals surface area contributed by atoms with Crippen LogP contribution in [0.4, 0.5) is 10.2 Å². The second-order valence-corrected chi connectivity index (χ2v) is 10.2. The van der Waals surface area contributed by atoms with Gasteiger partial charge in [-0.1, -0.05) is 42.8 Å². The first-order valence-corrected chi connectivity index (χ1v) is 11.9. The fourth-order valence-corrected chi connectivity index (χ4v) is 6.63. The van der Waals surface area contributed by atoms with Gasteiger partial charge in [0, 0.05) is 36.4 Å². The number of hydrogen-bond acceptors (Lipinski definition) is 4. The first-order valence-electron chi connectivity index (χ1n) is 11.1. The van der Waals surface area contributed by atoms with Gasteiger partial charge in [0.1, 0.15) is 28.1 Å². The third kappa shape index (κ3) is 3.17. The molecule has 0 bridgehead atoms. The van der Waals surface area contributed by atoms with Crippen LogP contribution in [0.25, 0.3) is 0 Å². The molecule has 6 rings (SSSR count). The van der Waals surface area contributed by atoms with Crippen molar-refractivity contribution < 1.29 is 14.0 Å². The first-order chi connectivity index (χ1) is 15.4. The zero-order valence-corrected chi connectivity index (χ0v) is 18.8. The molecule has 1 saturated heterocycles. The predicted molar refractivity (Wildman–Crippen MR) is 126 cm³/mol. The number of carbonyl (C=O) groups excluding carboxylic acids is 2. The van der Waals surface area contributed by atoms with E-state index in [0.29, 0.717) is 35.8 Å². The Bertz CT molecular complexity index is 1150. The molecule has 0 radical (unpaired) electrons. The number of anilines is 1. The molecule has 1 aromatic heterocycles. The minimum atomic E-state index is -1.23. The van der Waals surface area contributed by atoms with Crippen molar-refractivity contribution in [2.24, 2.45) is 11.8 Å². The van der Waals surface area contributed by atoms with E-state index in [2.05, 4.69) is 15.2 Å². The number of nitrogens with one attached hydrogen (secondary N) is 1. The van der Waals surface area contributed by atoms with Gasteiger partial charge in [-0.15, -0.1) is 0 Å². The van der Waals surface area contributed by atoms with Crippen molar-refractivity contribution in [1.29, 1.82) is 0 Å². The number of carbonyl (C=O) groups is 2. The summed E-state index contributed by atoms with van der Waals surface area (Å²) in [4.78, 5) is 33.8. The molecule has 0 unspecified atom stereocenters. The predicted octanol–water partition coefficient (Wildman–Crippen LogP) is 5.56. The van der Waals surface area contributed by atoms with Crippen LogP contribution in [0.2, 0.25) is 10.2 Å². The number of pyridine rings is 1. The van der Waals surface area contributed by atoms with Crippen LogP contribution >= 0.6 is 23.2 Å². The number of fused-ring (bicyclic) bond motifs is 3. The maximum atomic E-state index is 15.5. The highest BCUT2D eigenvalue weighted by Crippen LogP contribution is 2.62. The quantitative estimate of drug-likeness (QED) is 0.573. The van der Waals surface area contributed by atoms with Crippen LogP contribution in [0.15, 0.2) is 30.3 Å². The van der Waals surface area contributed by atoms with E-state index in [1.54, 1.807) is 24.3 Å². The number of rotatable bonds is 3. The van der Waals surface area contributed by atoms with Crippen LogP contribution in [0.3, 0.4) is 0 Å². The summed E-state index contributed by atoms with van der Waals surface area (Å²) in [5.41, 5.74) is -0.241. The van der Waals surface area contributed by atoms with E-state index in [-0.39, 0.29) is 35.3 Å². The molecular formula is C25H26Cl2FN3O2. The highest BCUT2D eigenvalue weighted by Gasteiger charge is 2.69. The largest absolute Gasteiger partial charge is 0.308 e. The number of benzene rings is 1. The van der Waals surface area contributed by atoms with Gasteiger partial charge in [0.05, 0.1) is 5.02 Å². The number of halogens is 3. The Morgan fingerprint density at radius 1 is 1.15 bits per heavy atom. The summed E-state index contributed by atoms with van der Waals surface area (Å²) in [5.74, 6) is -1.05. The first kappa shape index (κ1) is 22.8. The lowest BCUT2D eigenvalue weighted by molar-refractivity contribution is -0.128. The molecule has 33 heavy (non-hydrogen) atoms. The van der Waals surface area contributed by atoms with E-state index in [0.717, 1.165) is 25.7 Å². The van der Waals surface area contributed by atoms with Gasteiger partial charge in [0.25, 0.3) is 5.91 Å². The summed E-state index contributed by atoms with van der Waals surface area (Å²) in [6, 6.07) is 8.18. The molecule has 8 heteroatoms. The third-order valence-electron chi connectivity index (χ3n) is 7.69. The molecular weight excluding hydrogens is 464 g/mol. The number of hydrogen-bond donors (Lipinski definition) is 1. The van der Waals surface area contributed by atoms with Crippen molar-refractivity contribution in [2.75, 3.05) is 11.9 Å². The molecule has 1 spiro atoms. The average Bonchev–Trinajstić information content (AvgIpc) is 3.47. The molecule has 2 aliphatic heterocycles. The van der Waals surface area contributed by atoms with Crippen molar-refractivity contribution in [3.8, 4) is 0 Å². The lowest BCUT2D eigenvalue weighted by Crippen LogP contribution is -2.52. The number of ketones is 1. The summed E-state index contributed by atoms with van der Waals surface area (Å²) in [7, 11) is 0. The Labute approximate surface area is 202 Å². The minimum absolute atomic E-state index is 0. The van der Waals surface area contributed by atoms with Crippen molar-refractivity contribution in [3.63, 3.8) is 0 Å². The van der Waals surface area contributed by atoms with Crippen LogP contribution in [-0.4, -0.2) is 34.2 Å². The van der Waals surface area contributed by atoms with Gasteiger partial charge < -0.3 is 5.32 Å². The number of aromatic nitrogens is 1. The van der Waals surface area contributed by atoms with Crippen LogP contribution in [0, 0.1) is 17.7 Å². The van der Waals surface area contributed by atoms with E-state index in [1.807, 2.05) is 0 Å². The molecule has 2 saturated carbocycles. The van der Waals surface area contributed by atoms with Gasteiger partial charge in [-0.2, -0.15) is 0 Å². The Morgan fingerprint density at radius 2 is 1.94 bits per heavy atom. The molecule has 3 heterocycles. The molecule has 5 nitrogen and oxygen atoms in total. The van der Waals surface area contributed by atoms with Crippen LogP contribution in [0.5, 0.6) is 0 Å². The fraction of sp³-hybridized carbons (Fsp3) is 0.480. The Balaban J connectivity index is 0.00000228. The molecule has 174 valence electrons. The highest BCUT2D eigenvalue weighted by molar-refractivity contribution is 6.31. The van der Waals surface area contributed by atoms with Crippen LogP contribution < -0.4 is 5.32 Å². The molecule has 2 aromatic rings. The molecule has 3 fully saturated rings. The summed E-state index contributed by atoms with van der Waals surface area (Å²) in [6.07, 6.45) is 4.21. The van der Waals surface area contributed by atoms with E-state index >= 15 is 4.39 Å². The average molecular weight is 490 g/mol. The molecule has 4 aliphatic rings. The summed E-state index contributed by atoms with van der Waals surface area (Å²) >= 11 is 12.3. The van der Waals surface area contributed by atoms with E-state index in [9.17, 15) is 9.59 Å². The minimum Gasteiger partial charge on any atom is -0.308 e. The molecule has 1 amide bonds. The van der Waals surface area contributed by atoms with Crippen molar-refractivity contribution >= 4 is 40.7 Å². The number of nitrogens with zero attached hydrogens (tertiary/aromatic N) is 2. The third-order valence-corrected chi connectivity index (χ3v) is 8.19. The number of amides is 1. The SMILES string of the molecule is C.O=C1CCC[C@H]2[C@@H]1[C@H](c1cccc(Cl)c1F)[C@]1(C(=O)Nc3nc(Cl)ccc31)N2CC1CC1. The van der Waals surface area contributed by atoms with E-state index < -0.39 is 23.2 Å². The lowest BCUT2D eigenvalue weighted by Gasteiger charge is -2.39. The lowest BCUT2D eigenvalue weighted by atomic mass is 9.68. The monoisotopic (exact) mass is 489 g/mol. The standard InChI is InChI=1S/C24H22Cl2FN3O2.CH4/c25-15-4-1-3-13(21(15)27)20-19-16(5-2-6-17(19)31)30(11-12-7-8-12)24(20)14-9-10-18(26)28-22(14)29-23(24)32;/h1,3-4,9-10,12,16,19-20H,2,5-8,11H2,(H,28,29,32);1H4/t16-,19-,20-,24+;/m0./s1. The Hall–Kier alpha value is -2.02. The normalized spacial score (nSPS) is 30.7. The zero-order valence-electron chi connectivity index (χ0n) is 17.3.